The van der Waals surface area contributed by atoms with Crippen molar-refractivity contribution in [2.45, 2.75) is 31.2 Å². The summed E-state index contributed by atoms with van der Waals surface area (Å²) < 4.78 is 7.43. The third-order valence-electron chi connectivity index (χ3n) is 5.15. The number of hydrogen-bond donors (Lipinski definition) is 1. The van der Waals surface area contributed by atoms with Crippen molar-refractivity contribution < 1.29 is 9.53 Å². The number of hydrogen-bond acceptors (Lipinski definition) is 2. The van der Waals surface area contributed by atoms with Gasteiger partial charge in [-0.25, -0.2) is 0 Å². The maximum absolute atomic E-state index is 12.6. The van der Waals surface area contributed by atoms with Gasteiger partial charge in [-0.3, -0.25) is 4.79 Å². The first-order chi connectivity index (χ1) is 12.7. The quantitative estimate of drug-likeness (QED) is 0.732. The second-order valence-electron chi connectivity index (χ2n) is 7.08. The predicted molar refractivity (Wildman–Crippen MR) is 104 cm³/mol. The highest BCUT2D eigenvalue weighted by atomic mass is 16.5. The van der Waals surface area contributed by atoms with Gasteiger partial charge in [0, 0.05) is 42.5 Å². The summed E-state index contributed by atoms with van der Waals surface area (Å²) in [5, 5.41) is 4.33. The number of rotatable bonds is 6. The molecule has 0 aliphatic heterocycles. The monoisotopic (exact) mass is 348 g/mol. The topological polar surface area (TPSA) is 43.3 Å². The van der Waals surface area contributed by atoms with Gasteiger partial charge >= 0.3 is 0 Å². The van der Waals surface area contributed by atoms with Crippen LogP contribution < -0.4 is 10.1 Å². The number of carbonyl (C=O) groups excluding carboxylic acids is 1. The van der Waals surface area contributed by atoms with Crippen LogP contribution in [-0.2, 0) is 11.8 Å². The number of amides is 1. The van der Waals surface area contributed by atoms with Crippen LogP contribution in [0.3, 0.4) is 0 Å². The molecular formula is C22H24N2O2. The van der Waals surface area contributed by atoms with Gasteiger partial charge in [0.05, 0.1) is 7.11 Å². The van der Waals surface area contributed by atoms with Crippen LogP contribution in [-0.4, -0.2) is 23.6 Å². The van der Waals surface area contributed by atoms with Crippen LogP contribution in [0, 0.1) is 0 Å². The summed E-state index contributed by atoms with van der Waals surface area (Å²) in [5.41, 5.74) is 3.51. The van der Waals surface area contributed by atoms with E-state index in [9.17, 15) is 4.79 Å². The summed E-state index contributed by atoms with van der Waals surface area (Å²) in [5.74, 6) is 0.972. The van der Waals surface area contributed by atoms with Crippen molar-refractivity contribution in [3.63, 3.8) is 0 Å². The van der Waals surface area contributed by atoms with Gasteiger partial charge in [0.15, 0.2) is 0 Å². The molecule has 1 fully saturated rings. The lowest BCUT2D eigenvalue weighted by molar-refractivity contribution is -0.121. The lowest BCUT2D eigenvalue weighted by atomic mass is 9.88. The van der Waals surface area contributed by atoms with Gasteiger partial charge in [0.2, 0.25) is 5.91 Å². The fourth-order valence-corrected chi connectivity index (χ4v) is 3.59. The Morgan fingerprint density at radius 2 is 1.92 bits per heavy atom. The minimum Gasteiger partial charge on any atom is -0.497 e. The van der Waals surface area contributed by atoms with E-state index < -0.39 is 0 Å². The summed E-state index contributed by atoms with van der Waals surface area (Å²) in [4.78, 5) is 12.6. The highest BCUT2D eigenvalue weighted by Crippen LogP contribution is 2.35. The minimum absolute atomic E-state index is 0.0192. The average molecular weight is 348 g/mol. The molecule has 2 aromatic carbocycles. The summed E-state index contributed by atoms with van der Waals surface area (Å²) in [6.07, 6.45) is 4.82. The van der Waals surface area contributed by atoms with Gasteiger partial charge in [0.1, 0.15) is 5.75 Å². The lowest BCUT2D eigenvalue weighted by Gasteiger charge is -2.17. The minimum atomic E-state index is 0.0192. The van der Waals surface area contributed by atoms with Crippen LogP contribution >= 0.6 is 0 Å². The van der Waals surface area contributed by atoms with E-state index >= 15 is 0 Å². The molecule has 1 amide bonds. The van der Waals surface area contributed by atoms with Crippen LogP contribution in [0.4, 0.5) is 0 Å². The molecule has 4 rings (SSSR count). The van der Waals surface area contributed by atoms with E-state index in [1.807, 2.05) is 18.2 Å². The van der Waals surface area contributed by atoms with Crippen molar-refractivity contribution in [2.75, 3.05) is 7.11 Å². The third-order valence-corrected chi connectivity index (χ3v) is 5.15. The predicted octanol–water partition coefficient (Wildman–Crippen LogP) is 3.99. The number of para-hydroxylation sites is 1. The van der Waals surface area contributed by atoms with Gasteiger partial charge in [0.25, 0.3) is 0 Å². The molecule has 134 valence electrons. The zero-order valence-electron chi connectivity index (χ0n) is 15.2. The lowest BCUT2D eigenvalue weighted by Crippen LogP contribution is -2.27. The number of carbonyl (C=O) groups is 1. The first kappa shape index (κ1) is 16.7. The fraction of sp³-hybridized carbons (Fsp3) is 0.318. The molecule has 0 radical (unpaired) electrons. The van der Waals surface area contributed by atoms with E-state index in [-0.39, 0.29) is 11.8 Å². The van der Waals surface area contributed by atoms with Crippen LogP contribution in [0.15, 0.2) is 54.7 Å². The van der Waals surface area contributed by atoms with E-state index in [1.54, 1.807) is 7.11 Å². The molecule has 4 heteroatoms. The van der Waals surface area contributed by atoms with Crippen molar-refractivity contribution in [3.8, 4) is 5.75 Å². The molecule has 0 bridgehead atoms. The maximum atomic E-state index is 12.6. The molecule has 1 saturated carbocycles. The highest BCUT2D eigenvalue weighted by molar-refractivity contribution is 5.86. The van der Waals surface area contributed by atoms with Crippen LogP contribution in [0.5, 0.6) is 5.75 Å². The Labute approximate surface area is 153 Å². The summed E-state index contributed by atoms with van der Waals surface area (Å²) in [6.45, 7) is 0. The maximum Gasteiger partial charge on any atom is 0.221 e. The molecule has 1 atom stereocenters. The zero-order chi connectivity index (χ0) is 18.1. The third kappa shape index (κ3) is 3.32. The van der Waals surface area contributed by atoms with E-state index in [1.165, 1.54) is 16.5 Å². The number of methoxy groups -OCH3 is 1. The Morgan fingerprint density at radius 3 is 2.62 bits per heavy atom. The molecule has 1 aliphatic rings. The van der Waals surface area contributed by atoms with Crippen LogP contribution in [0.25, 0.3) is 10.9 Å². The van der Waals surface area contributed by atoms with Crippen molar-refractivity contribution in [2.24, 2.45) is 7.05 Å². The highest BCUT2D eigenvalue weighted by Gasteiger charge is 2.27. The molecule has 1 heterocycles. The molecule has 0 saturated heterocycles. The molecule has 1 N–H and O–H groups in total. The van der Waals surface area contributed by atoms with Gasteiger partial charge in [-0.2, -0.15) is 0 Å². The fourth-order valence-electron chi connectivity index (χ4n) is 3.59. The van der Waals surface area contributed by atoms with Gasteiger partial charge in [-0.15, -0.1) is 0 Å². The van der Waals surface area contributed by atoms with E-state index in [2.05, 4.69) is 53.5 Å². The first-order valence-electron chi connectivity index (χ1n) is 9.13. The molecule has 0 spiro atoms. The molecule has 1 unspecified atom stereocenters. The standard InChI is InChI=1S/C22H24N2O2/c1-24-14-20(18-5-3-4-6-21(18)24)19(13-22(25)23-16-9-10-16)15-7-11-17(26-2)12-8-15/h3-8,11-12,14,16,19H,9-10,13H2,1-2H3,(H,23,25). The van der Waals surface area contributed by atoms with Crippen molar-refractivity contribution >= 4 is 16.8 Å². The summed E-state index contributed by atoms with van der Waals surface area (Å²) in [6, 6.07) is 16.8. The van der Waals surface area contributed by atoms with E-state index in [4.69, 9.17) is 4.74 Å². The normalized spacial score (nSPS) is 15.0. The number of aryl methyl sites for hydroxylation is 1. The molecule has 1 aliphatic carbocycles. The second-order valence-corrected chi connectivity index (χ2v) is 7.08. The zero-order valence-corrected chi connectivity index (χ0v) is 15.2. The van der Waals surface area contributed by atoms with Crippen molar-refractivity contribution in [3.05, 3.63) is 65.9 Å². The number of fused-ring (bicyclic) bond motifs is 1. The Kier molecular flexibility index (Phi) is 4.41. The largest absolute Gasteiger partial charge is 0.497 e. The second kappa shape index (κ2) is 6.87. The van der Waals surface area contributed by atoms with Gasteiger partial charge < -0.3 is 14.6 Å². The number of nitrogens with one attached hydrogen (secondary N) is 1. The molecule has 3 aromatic rings. The van der Waals surface area contributed by atoms with Crippen LogP contribution in [0.2, 0.25) is 0 Å². The van der Waals surface area contributed by atoms with Gasteiger partial charge in [-0.05, 0) is 42.2 Å². The Bertz CT molecular complexity index is 923. The van der Waals surface area contributed by atoms with Gasteiger partial charge in [-0.1, -0.05) is 30.3 Å². The Balaban J connectivity index is 1.73. The smallest absolute Gasteiger partial charge is 0.221 e. The molecular weight excluding hydrogens is 324 g/mol. The number of benzene rings is 2. The Morgan fingerprint density at radius 1 is 1.19 bits per heavy atom. The molecule has 26 heavy (non-hydrogen) atoms. The Hall–Kier alpha value is -2.75. The number of ether oxygens (including phenoxy) is 1. The SMILES string of the molecule is COc1ccc(C(CC(=O)NC2CC2)c2cn(C)c3ccccc23)cc1. The number of nitrogens with zero attached hydrogens (tertiary/aromatic N) is 1. The molecule has 1 aromatic heterocycles. The number of aromatic nitrogens is 1. The van der Waals surface area contributed by atoms with E-state index in [0.717, 1.165) is 24.2 Å². The molecule has 4 nitrogen and oxygen atoms in total. The summed E-state index contributed by atoms with van der Waals surface area (Å²) in [7, 11) is 3.72. The van der Waals surface area contributed by atoms with Crippen molar-refractivity contribution in [1.29, 1.82) is 0 Å². The first-order valence-corrected chi connectivity index (χ1v) is 9.13. The average Bonchev–Trinajstić information content (AvgIpc) is 3.42. The summed E-state index contributed by atoms with van der Waals surface area (Å²) >= 11 is 0. The van der Waals surface area contributed by atoms with Crippen LogP contribution in [0.1, 0.15) is 36.3 Å². The van der Waals surface area contributed by atoms with E-state index in [0.29, 0.717) is 12.5 Å². The van der Waals surface area contributed by atoms with Crippen molar-refractivity contribution in [1.82, 2.24) is 9.88 Å².